The highest BCUT2D eigenvalue weighted by Gasteiger charge is 2.31. The fourth-order valence-corrected chi connectivity index (χ4v) is 2.04. The number of carbonyl (C=O) groups excluding carboxylic acids is 1. The van der Waals surface area contributed by atoms with Gasteiger partial charge in [-0.15, -0.1) is 12.3 Å². The molecule has 2 N–H and O–H groups in total. The number of terminal acetylenes is 1. The molecule has 94 valence electrons. The molecule has 0 radical (unpaired) electrons. The first-order chi connectivity index (χ1) is 8.06. The van der Waals surface area contributed by atoms with Crippen LogP contribution in [0.5, 0.6) is 0 Å². The van der Waals surface area contributed by atoms with Crippen LogP contribution in [-0.4, -0.2) is 41.1 Å². The smallest absolute Gasteiger partial charge is 0.317 e. The number of piperidine rings is 1. The van der Waals surface area contributed by atoms with E-state index in [0.29, 0.717) is 32.4 Å². The summed E-state index contributed by atoms with van der Waals surface area (Å²) in [5, 5.41) is 11.6. The number of rotatable bonds is 3. The van der Waals surface area contributed by atoms with E-state index in [4.69, 9.17) is 11.5 Å². The summed E-state index contributed by atoms with van der Waals surface area (Å²) in [6.07, 6.45) is 6.63. The molecule has 5 nitrogen and oxygen atoms in total. The number of carboxylic acid groups (broad SMARTS) is 1. The van der Waals surface area contributed by atoms with Gasteiger partial charge in [-0.1, -0.05) is 0 Å². The van der Waals surface area contributed by atoms with Crippen molar-refractivity contribution >= 4 is 12.0 Å². The monoisotopic (exact) mass is 238 g/mol. The molecular formula is C12H18N2O3. The molecule has 1 rings (SSSR count). The summed E-state index contributed by atoms with van der Waals surface area (Å²) in [6, 6.07) is -0.202. The van der Waals surface area contributed by atoms with Gasteiger partial charge in [0.2, 0.25) is 0 Å². The van der Waals surface area contributed by atoms with Gasteiger partial charge in [0.05, 0.1) is 5.92 Å². The van der Waals surface area contributed by atoms with Gasteiger partial charge in [0, 0.05) is 25.6 Å². The maximum absolute atomic E-state index is 11.8. The Bertz CT molecular complexity index is 335. The Kier molecular flexibility index (Phi) is 4.83. The van der Waals surface area contributed by atoms with Crippen LogP contribution < -0.4 is 5.32 Å². The highest BCUT2D eigenvalue weighted by molar-refractivity contribution is 5.75. The quantitative estimate of drug-likeness (QED) is 0.567. The number of amides is 2. The lowest BCUT2D eigenvalue weighted by molar-refractivity contribution is -0.143. The van der Waals surface area contributed by atoms with Gasteiger partial charge >= 0.3 is 12.0 Å². The van der Waals surface area contributed by atoms with Crippen molar-refractivity contribution in [1.29, 1.82) is 0 Å². The van der Waals surface area contributed by atoms with Crippen molar-refractivity contribution in [3.05, 3.63) is 0 Å². The molecule has 2 amide bonds. The molecule has 1 aliphatic rings. The van der Waals surface area contributed by atoms with Gasteiger partial charge in [0.15, 0.2) is 0 Å². The first kappa shape index (κ1) is 13.4. The third-order valence-electron chi connectivity index (χ3n) is 3.03. The summed E-state index contributed by atoms with van der Waals surface area (Å²) < 4.78 is 0. The van der Waals surface area contributed by atoms with Gasteiger partial charge < -0.3 is 15.3 Å². The van der Waals surface area contributed by atoms with Crippen molar-refractivity contribution in [2.75, 3.05) is 13.1 Å². The molecule has 0 aromatic rings. The topological polar surface area (TPSA) is 69.6 Å². The van der Waals surface area contributed by atoms with Gasteiger partial charge in [0.25, 0.3) is 0 Å². The molecule has 1 fully saturated rings. The van der Waals surface area contributed by atoms with Crippen LogP contribution in [0.15, 0.2) is 0 Å². The average Bonchev–Trinajstić information content (AvgIpc) is 2.28. The molecule has 1 heterocycles. The van der Waals surface area contributed by atoms with E-state index in [1.54, 1.807) is 4.90 Å². The first-order valence-electron chi connectivity index (χ1n) is 5.77. The number of hydrogen-bond acceptors (Lipinski definition) is 2. The standard InChI is InChI=1S/C12H18N2O3/c1-3-4-6-13-12(17)14-7-5-10(11(15)16)8-9(14)2/h1,9-10H,4-8H2,2H3,(H,13,17)(H,15,16). The second-order valence-electron chi connectivity index (χ2n) is 4.29. The van der Waals surface area contributed by atoms with Crippen LogP contribution in [0.1, 0.15) is 26.2 Å². The van der Waals surface area contributed by atoms with Crippen LogP contribution in [0.4, 0.5) is 4.79 Å². The Balaban J connectivity index is 2.43. The van der Waals surface area contributed by atoms with E-state index in [2.05, 4.69) is 11.2 Å². The van der Waals surface area contributed by atoms with E-state index in [1.807, 2.05) is 6.92 Å². The molecule has 1 saturated heterocycles. The van der Waals surface area contributed by atoms with E-state index < -0.39 is 5.97 Å². The molecule has 2 atom stereocenters. The fourth-order valence-electron chi connectivity index (χ4n) is 2.04. The normalized spacial score (nSPS) is 23.9. The second kappa shape index (κ2) is 6.14. The highest BCUT2D eigenvalue weighted by atomic mass is 16.4. The number of nitrogens with zero attached hydrogens (tertiary/aromatic N) is 1. The maximum atomic E-state index is 11.8. The molecule has 1 aliphatic heterocycles. The molecule has 17 heavy (non-hydrogen) atoms. The molecular weight excluding hydrogens is 220 g/mol. The van der Waals surface area contributed by atoms with Gasteiger partial charge in [-0.25, -0.2) is 4.79 Å². The zero-order chi connectivity index (χ0) is 12.8. The van der Waals surface area contributed by atoms with Crippen LogP contribution >= 0.6 is 0 Å². The van der Waals surface area contributed by atoms with E-state index in [1.165, 1.54) is 0 Å². The molecule has 0 aliphatic carbocycles. The number of urea groups is 1. The van der Waals surface area contributed by atoms with Crippen LogP contribution in [0.3, 0.4) is 0 Å². The number of aliphatic carboxylic acids is 1. The lowest BCUT2D eigenvalue weighted by Gasteiger charge is -2.36. The van der Waals surface area contributed by atoms with Crippen LogP contribution in [0.2, 0.25) is 0 Å². The predicted molar refractivity (Wildman–Crippen MR) is 63.4 cm³/mol. The summed E-state index contributed by atoms with van der Waals surface area (Å²) in [6.45, 7) is 2.82. The highest BCUT2D eigenvalue weighted by Crippen LogP contribution is 2.22. The Hall–Kier alpha value is -1.70. The molecule has 0 aromatic carbocycles. The zero-order valence-corrected chi connectivity index (χ0v) is 9.98. The van der Waals surface area contributed by atoms with Crippen LogP contribution in [-0.2, 0) is 4.79 Å². The summed E-state index contributed by atoms with van der Waals surface area (Å²) in [5.41, 5.74) is 0. The van der Waals surface area contributed by atoms with Crippen LogP contribution in [0, 0.1) is 18.3 Å². The van der Waals surface area contributed by atoms with Crippen molar-refractivity contribution in [2.24, 2.45) is 5.92 Å². The lowest BCUT2D eigenvalue weighted by Crippen LogP contribution is -2.50. The molecule has 0 spiro atoms. The van der Waals surface area contributed by atoms with E-state index >= 15 is 0 Å². The second-order valence-corrected chi connectivity index (χ2v) is 4.29. The lowest BCUT2D eigenvalue weighted by atomic mass is 9.92. The third kappa shape index (κ3) is 3.66. The van der Waals surface area contributed by atoms with Crippen molar-refractivity contribution < 1.29 is 14.7 Å². The maximum Gasteiger partial charge on any atom is 0.317 e. The molecule has 5 heteroatoms. The van der Waals surface area contributed by atoms with Gasteiger partial charge in [-0.3, -0.25) is 4.79 Å². The number of carboxylic acids is 1. The van der Waals surface area contributed by atoms with Gasteiger partial charge in [0.1, 0.15) is 0 Å². The van der Waals surface area contributed by atoms with Crippen molar-refractivity contribution in [1.82, 2.24) is 10.2 Å². The summed E-state index contributed by atoms with van der Waals surface area (Å²) in [4.78, 5) is 24.3. The van der Waals surface area contributed by atoms with Crippen molar-refractivity contribution in [3.8, 4) is 12.3 Å². The number of likely N-dealkylation sites (tertiary alicyclic amines) is 1. The Morgan fingerprint density at radius 1 is 1.59 bits per heavy atom. The predicted octanol–water partition coefficient (Wildman–Crippen LogP) is 0.904. The number of nitrogens with one attached hydrogen (secondary N) is 1. The minimum Gasteiger partial charge on any atom is -0.481 e. The Morgan fingerprint density at radius 3 is 2.82 bits per heavy atom. The molecule has 2 unspecified atom stereocenters. The number of carbonyl (C=O) groups is 2. The average molecular weight is 238 g/mol. The first-order valence-corrected chi connectivity index (χ1v) is 5.77. The largest absolute Gasteiger partial charge is 0.481 e. The van der Waals surface area contributed by atoms with Crippen molar-refractivity contribution in [2.45, 2.75) is 32.2 Å². The summed E-state index contributed by atoms with van der Waals surface area (Å²) in [5.74, 6) is 1.34. The summed E-state index contributed by atoms with van der Waals surface area (Å²) >= 11 is 0. The Morgan fingerprint density at radius 2 is 2.29 bits per heavy atom. The SMILES string of the molecule is C#CCCNC(=O)N1CCC(C(=O)O)CC1C. The fraction of sp³-hybridized carbons (Fsp3) is 0.667. The minimum absolute atomic E-state index is 0.0457. The molecule has 0 aromatic heterocycles. The minimum atomic E-state index is -0.774. The third-order valence-corrected chi connectivity index (χ3v) is 3.03. The molecule has 0 bridgehead atoms. The molecule has 0 saturated carbocycles. The van der Waals surface area contributed by atoms with Gasteiger partial charge in [-0.2, -0.15) is 0 Å². The van der Waals surface area contributed by atoms with Crippen LogP contribution in [0.25, 0.3) is 0 Å². The zero-order valence-electron chi connectivity index (χ0n) is 9.98. The Labute approximate surface area is 101 Å². The van der Waals surface area contributed by atoms with E-state index in [9.17, 15) is 9.59 Å². The van der Waals surface area contributed by atoms with Gasteiger partial charge in [-0.05, 0) is 19.8 Å². The van der Waals surface area contributed by atoms with E-state index in [-0.39, 0.29) is 18.0 Å². The van der Waals surface area contributed by atoms with E-state index in [0.717, 1.165) is 0 Å². The summed E-state index contributed by atoms with van der Waals surface area (Å²) in [7, 11) is 0. The van der Waals surface area contributed by atoms with Crippen molar-refractivity contribution in [3.63, 3.8) is 0 Å². The number of hydrogen-bond donors (Lipinski definition) is 2.